The molecule has 1 rings (SSSR count). The predicted octanol–water partition coefficient (Wildman–Crippen LogP) is 3.06. The van der Waals surface area contributed by atoms with Crippen LogP contribution >= 0.6 is 11.6 Å². The Hall–Kier alpha value is -0.530. The lowest BCUT2D eigenvalue weighted by Crippen LogP contribution is -2.09. The first-order valence-electron chi connectivity index (χ1n) is 4.17. The van der Waals surface area contributed by atoms with E-state index in [0.717, 1.165) is 22.6 Å². The Morgan fingerprint density at radius 3 is 2.75 bits per heavy atom. The number of aryl methyl sites for hydroxylation is 1. The van der Waals surface area contributed by atoms with E-state index in [9.17, 15) is 0 Å². The summed E-state index contributed by atoms with van der Waals surface area (Å²) in [6, 6.07) is 6.04. The molecule has 1 unspecified atom stereocenters. The molecule has 12 heavy (non-hydrogen) atoms. The summed E-state index contributed by atoms with van der Waals surface area (Å²) < 4.78 is 0. The van der Waals surface area contributed by atoms with Crippen molar-refractivity contribution in [1.29, 1.82) is 0 Å². The van der Waals surface area contributed by atoms with Crippen LogP contribution in [-0.2, 0) is 0 Å². The minimum Gasteiger partial charge on any atom is -0.324 e. The normalized spacial score (nSPS) is 13.0. The van der Waals surface area contributed by atoms with Gasteiger partial charge in [0.2, 0.25) is 0 Å². The van der Waals surface area contributed by atoms with Gasteiger partial charge in [0.25, 0.3) is 0 Å². The van der Waals surface area contributed by atoms with Gasteiger partial charge in [-0.25, -0.2) is 0 Å². The number of hydrogen-bond donors (Lipinski definition) is 1. The van der Waals surface area contributed by atoms with E-state index in [2.05, 4.69) is 6.92 Å². The lowest BCUT2D eigenvalue weighted by atomic mass is 10.0. The van der Waals surface area contributed by atoms with Crippen molar-refractivity contribution in [1.82, 2.24) is 0 Å². The second-order valence-electron chi connectivity index (χ2n) is 2.99. The van der Waals surface area contributed by atoms with Gasteiger partial charge in [0, 0.05) is 11.1 Å². The van der Waals surface area contributed by atoms with Crippen LogP contribution in [0.15, 0.2) is 18.2 Å². The monoisotopic (exact) mass is 183 g/mol. The largest absolute Gasteiger partial charge is 0.324 e. The number of rotatable bonds is 2. The molecule has 0 saturated heterocycles. The molecule has 0 amide bonds. The molecule has 0 aromatic heterocycles. The molecular formula is C10H14ClN. The van der Waals surface area contributed by atoms with E-state index in [1.807, 2.05) is 25.1 Å². The van der Waals surface area contributed by atoms with Crippen LogP contribution in [0.3, 0.4) is 0 Å². The third-order valence-corrected chi connectivity index (χ3v) is 2.58. The van der Waals surface area contributed by atoms with Crippen LogP contribution in [0.5, 0.6) is 0 Å². The Kier molecular flexibility index (Phi) is 3.12. The maximum Gasteiger partial charge on any atom is 0.0482 e. The predicted molar refractivity (Wildman–Crippen MR) is 53.4 cm³/mol. The van der Waals surface area contributed by atoms with Gasteiger partial charge >= 0.3 is 0 Å². The quantitative estimate of drug-likeness (QED) is 0.750. The standard InChI is InChI=1S/C10H14ClN/c1-3-9(12)8-6-4-5-7(2)10(8)11/h4-6,9H,3,12H2,1-2H3. The van der Waals surface area contributed by atoms with E-state index in [1.54, 1.807) is 0 Å². The van der Waals surface area contributed by atoms with Crippen molar-refractivity contribution in [3.63, 3.8) is 0 Å². The second kappa shape index (κ2) is 3.92. The first-order chi connectivity index (χ1) is 5.66. The fourth-order valence-electron chi connectivity index (χ4n) is 1.18. The molecule has 1 aromatic rings. The lowest BCUT2D eigenvalue weighted by molar-refractivity contribution is 0.698. The molecule has 1 nitrogen and oxygen atoms in total. The fraction of sp³-hybridized carbons (Fsp3) is 0.400. The first-order valence-corrected chi connectivity index (χ1v) is 4.55. The summed E-state index contributed by atoms with van der Waals surface area (Å²) in [4.78, 5) is 0. The van der Waals surface area contributed by atoms with Crippen LogP contribution in [0.4, 0.5) is 0 Å². The molecule has 0 bridgehead atoms. The number of benzene rings is 1. The summed E-state index contributed by atoms with van der Waals surface area (Å²) in [6.07, 6.45) is 0.920. The summed E-state index contributed by atoms with van der Waals surface area (Å²) in [7, 11) is 0. The zero-order valence-corrected chi connectivity index (χ0v) is 8.23. The molecular weight excluding hydrogens is 170 g/mol. The molecule has 0 saturated carbocycles. The van der Waals surface area contributed by atoms with Crippen molar-refractivity contribution in [3.8, 4) is 0 Å². The van der Waals surface area contributed by atoms with Crippen LogP contribution in [0.25, 0.3) is 0 Å². The molecule has 0 radical (unpaired) electrons. The van der Waals surface area contributed by atoms with Gasteiger partial charge in [-0.15, -0.1) is 0 Å². The Bertz CT molecular complexity index is 271. The van der Waals surface area contributed by atoms with E-state index >= 15 is 0 Å². The number of hydrogen-bond acceptors (Lipinski definition) is 1. The second-order valence-corrected chi connectivity index (χ2v) is 3.37. The summed E-state index contributed by atoms with van der Waals surface area (Å²) in [5, 5.41) is 0.812. The molecule has 0 aliphatic carbocycles. The summed E-state index contributed by atoms with van der Waals surface area (Å²) in [6.45, 7) is 4.05. The van der Waals surface area contributed by atoms with Gasteiger partial charge in [0.1, 0.15) is 0 Å². The molecule has 0 spiro atoms. The van der Waals surface area contributed by atoms with Gasteiger partial charge in [0.05, 0.1) is 0 Å². The Morgan fingerprint density at radius 1 is 1.50 bits per heavy atom. The maximum absolute atomic E-state index is 6.09. The van der Waals surface area contributed by atoms with Crippen LogP contribution in [-0.4, -0.2) is 0 Å². The average molecular weight is 184 g/mol. The van der Waals surface area contributed by atoms with Gasteiger partial charge in [-0.2, -0.15) is 0 Å². The number of halogens is 1. The number of nitrogens with two attached hydrogens (primary N) is 1. The van der Waals surface area contributed by atoms with Gasteiger partial charge in [-0.1, -0.05) is 36.7 Å². The Balaban J connectivity index is 3.07. The van der Waals surface area contributed by atoms with E-state index in [1.165, 1.54) is 0 Å². The van der Waals surface area contributed by atoms with E-state index in [-0.39, 0.29) is 6.04 Å². The van der Waals surface area contributed by atoms with Gasteiger partial charge in [0.15, 0.2) is 0 Å². The lowest BCUT2D eigenvalue weighted by Gasteiger charge is -2.12. The fourth-order valence-corrected chi connectivity index (χ4v) is 1.44. The molecule has 0 aliphatic heterocycles. The highest BCUT2D eigenvalue weighted by molar-refractivity contribution is 6.32. The SMILES string of the molecule is CCC(N)c1cccc(C)c1Cl. The Labute approximate surface area is 78.5 Å². The third kappa shape index (κ3) is 1.79. The zero-order valence-electron chi connectivity index (χ0n) is 7.47. The molecule has 0 fully saturated rings. The van der Waals surface area contributed by atoms with Crippen LogP contribution < -0.4 is 5.73 Å². The Morgan fingerprint density at radius 2 is 2.17 bits per heavy atom. The van der Waals surface area contributed by atoms with Crippen LogP contribution in [0.2, 0.25) is 5.02 Å². The van der Waals surface area contributed by atoms with Crippen molar-refractivity contribution in [2.24, 2.45) is 5.73 Å². The highest BCUT2D eigenvalue weighted by atomic mass is 35.5. The molecule has 2 heteroatoms. The van der Waals surface area contributed by atoms with Crippen LogP contribution in [0.1, 0.15) is 30.5 Å². The highest BCUT2D eigenvalue weighted by Gasteiger charge is 2.08. The summed E-state index contributed by atoms with van der Waals surface area (Å²) in [5.41, 5.74) is 8.03. The molecule has 1 atom stereocenters. The minimum atomic E-state index is 0.0670. The first kappa shape index (κ1) is 9.56. The van der Waals surface area contributed by atoms with Crippen molar-refractivity contribution in [2.45, 2.75) is 26.3 Å². The van der Waals surface area contributed by atoms with Gasteiger partial charge < -0.3 is 5.73 Å². The smallest absolute Gasteiger partial charge is 0.0482 e. The molecule has 66 valence electrons. The van der Waals surface area contributed by atoms with Crippen LogP contribution in [0, 0.1) is 6.92 Å². The summed E-state index contributed by atoms with van der Waals surface area (Å²) in [5.74, 6) is 0. The van der Waals surface area contributed by atoms with Crippen molar-refractivity contribution < 1.29 is 0 Å². The molecule has 0 aliphatic rings. The van der Waals surface area contributed by atoms with E-state index < -0.39 is 0 Å². The topological polar surface area (TPSA) is 26.0 Å². The minimum absolute atomic E-state index is 0.0670. The van der Waals surface area contributed by atoms with E-state index in [0.29, 0.717) is 0 Å². The zero-order chi connectivity index (χ0) is 9.14. The third-order valence-electron chi connectivity index (χ3n) is 2.06. The van der Waals surface area contributed by atoms with Gasteiger partial charge in [-0.3, -0.25) is 0 Å². The van der Waals surface area contributed by atoms with Crippen molar-refractivity contribution >= 4 is 11.6 Å². The average Bonchev–Trinajstić information content (AvgIpc) is 2.08. The van der Waals surface area contributed by atoms with Gasteiger partial charge in [-0.05, 0) is 24.5 Å². The highest BCUT2D eigenvalue weighted by Crippen LogP contribution is 2.25. The summed E-state index contributed by atoms with van der Waals surface area (Å²) >= 11 is 6.09. The molecule has 0 heterocycles. The molecule has 2 N–H and O–H groups in total. The van der Waals surface area contributed by atoms with E-state index in [4.69, 9.17) is 17.3 Å². The maximum atomic E-state index is 6.09. The van der Waals surface area contributed by atoms with Crippen molar-refractivity contribution in [2.75, 3.05) is 0 Å². The van der Waals surface area contributed by atoms with Crippen molar-refractivity contribution in [3.05, 3.63) is 34.3 Å². The molecule has 1 aromatic carbocycles.